The zero-order valence-corrected chi connectivity index (χ0v) is 12.2. The second-order valence-electron chi connectivity index (χ2n) is 6.45. The van der Waals surface area contributed by atoms with Crippen LogP contribution in [0.4, 0.5) is 0 Å². The van der Waals surface area contributed by atoms with Crippen LogP contribution in [0.15, 0.2) is 18.2 Å². The maximum atomic E-state index is 11.1. The lowest BCUT2D eigenvalue weighted by Gasteiger charge is -2.39. The second kappa shape index (κ2) is 5.05. The van der Waals surface area contributed by atoms with E-state index in [2.05, 4.69) is 45.9 Å². The van der Waals surface area contributed by atoms with Crippen LogP contribution < -0.4 is 0 Å². The average Bonchev–Trinajstić information content (AvgIpc) is 2.32. The van der Waals surface area contributed by atoms with Gasteiger partial charge in [0.1, 0.15) is 0 Å². The van der Waals surface area contributed by atoms with Crippen molar-refractivity contribution < 1.29 is 5.11 Å². The molecule has 18 heavy (non-hydrogen) atoms. The van der Waals surface area contributed by atoms with Crippen molar-refractivity contribution in [2.24, 2.45) is 11.8 Å². The molecule has 0 aliphatic heterocycles. The molecule has 100 valence electrons. The number of hydrogen-bond donors (Lipinski definition) is 1. The molecule has 1 aromatic rings. The number of benzene rings is 1. The van der Waals surface area contributed by atoms with Crippen LogP contribution in [0.5, 0.6) is 0 Å². The third-order valence-corrected chi connectivity index (χ3v) is 4.60. The fraction of sp³-hybridized carbons (Fsp3) is 0.647. The van der Waals surface area contributed by atoms with Crippen LogP contribution in [0.2, 0.25) is 0 Å². The van der Waals surface area contributed by atoms with E-state index in [1.807, 2.05) is 0 Å². The topological polar surface area (TPSA) is 20.2 Å². The van der Waals surface area contributed by atoms with Gasteiger partial charge in [0.15, 0.2) is 0 Å². The summed E-state index contributed by atoms with van der Waals surface area (Å²) in [4.78, 5) is 0. The summed E-state index contributed by atoms with van der Waals surface area (Å²) >= 11 is 0. The molecule has 1 aromatic carbocycles. The summed E-state index contributed by atoms with van der Waals surface area (Å²) in [5.41, 5.74) is 3.04. The third kappa shape index (κ3) is 2.61. The highest BCUT2D eigenvalue weighted by atomic mass is 16.3. The van der Waals surface area contributed by atoms with Gasteiger partial charge >= 0.3 is 0 Å². The highest BCUT2D eigenvalue weighted by Gasteiger charge is 2.37. The molecule has 0 aromatic heterocycles. The number of aliphatic hydroxyl groups is 1. The van der Waals surface area contributed by atoms with E-state index in [0.717, 1.165) is 24.8 Å². The molecule has 0 heterocycles. The Labute approximate surface area is 111 Å². The zero-order valence-electron chi connectivity index (χ0n) is 12.2. The van der Waals surface area contributed by atoms with E-state index in [1.54, 1.807) is 0 Å². The van der Waals surface area contributed by atoms with Crippen molar-refractivity contribution in [3.8, 4) is 0 Å². The van der Waals surface area contributed by atoms with Crippen LogP contribution in [-0.4, -0.2) is 5.11 Å². The normalized spacial score (nSPS) is 28.7. The first-order chi connectivity index (χ1) is 8.42. The van der Waals surface area contributed by atoms with Crippen LogP contribution in [-0.2, 0) is 5.60 Å². The Morgan fingerprint density at radius 2 is 2.00 bits per heavy atom. The van der Waals surface area contributed by atoms with Gasteiger partial charge in [-0.05, 0) is 62.5 Å². The molecule has 0 saturated heterocycles. The van der Waals surface area contributed by atoms with Gasteiger partial charge in [-0.15, -0.1) is 0 Å². The lowest BCUT2D eigenvalue weighted by molar-refractivity contribution is -0.0300. The first-order valence-corrected chi connectivity index (χ1v) is 7.22. The molecule has 1 aliphatic rings. The lowest BCUT2D eigenvalue weighted by atomic mass is 9.70. The average molecular weight is 246 g/mol. The fourth-order valence-electron chi connectivity index (χ4n) is 3.35. The minimum absolute atomic E-state index is 0.594. The summed E-state index contributed by atoms with van der Waals surface area (Å²) in [6.07, 6.45) is 4.26. The van der Waals surface area contributed by atoms with Crippen LogP contribution in [0.25, 0.3) is 0 Å². The largest absolute Gasteiger partial charge is 0.385 e. The molecule has 1 fully saturated rings. The van der Waals surface area contributed by atoms with Crippen molar-refractivity contribution in [1.82, 2.24) is 0 Å². The molecule has 0 radical (unpaired) electrons. The van der Waals surface area contributed by atoms with Crippen molar-refractivity contribution in [1.29, 1.82) is 0 Å². The predicted molar refractivity (Wildman–Crippen MR) is 76.6 cm³/mol. The standard InChI is InChI=1S/C17H26O/c1-12(2)15-6-5-9-17(18,11-15)16-10-13(3)7-8-14(16)4/h7-8,10,12,15,18H,5-6,9,11H2,1-4H3. The fourth-order valence-corrected chi connectivity index (χ4v) is 3.35. The molecule has 0 spiro atoms. The van der Waals surface area contributed by atoms with Crippen LogP contribution >= 0.6 is 0 Å². The molecule has 1 saturated carbocycles. The highest BCUT2D eigenvalue weighted by molar-refractivity contribution is 5.35. The smallest absolute Gasteiger partial charge is 0.0902 e. The summed E-state index contributed by atoms with van der Waals surface area (Å²) in [5.74, 6) is 1.32. The molecule has 1 N–H and O–H groups in total. The van der Waals surface area contributed by atoms with E-state index in [0.29, 0.717) is 11.8 Å². The van der Waals surface area contributed by atoms with Gasteiger partial charge in [-0.2, -0.15) is 0 Å². The molecule has 0 amide bonds. The van der Waals surface area contributed by atoms with Gasteiger partial charge in [-0.1, -0.05) is 37.6 Å². The predicted octanol–water partition coefficient (Wildman–Crippen LogP) is 4.34. The summed E-state index contributed by atoms with van der Waals surface area (Å²) < 4.78 is 0. The summed E-state index contributed by atoms with van der Waals surface area (Å²) in [6.45, 7) is 8.78. The Bertz CT molecular complexity index is 422. The molecule has 0 bridgehead atoms. The second-order valence-corrected chi connectivity index (χ2v) is 6.45. The van der Waals surface area contributed by atoms with E-state index < -0.39 is 5.60 Å². The van der Waals surface area contributed by atoms with Gasteiger partial charge in [0.2, 0.25) is 0 Å². The third-order valence-electron chi connectivity index (χ3n) is 4.60. The number of hydrogen-bond acceptors (Lipinski definition) is 1. The van der Waals surface area contributed by atoms with Gasteiger partial charge in [0, 0.05) is 0 Å². The molecule has 2 unspecified atom stereocenters. The SMILES string of the molecule is Cc1ccc(C)c(C2(O)CCCC(C(C)C)C2)c1. The Kier molecular flexibility index (Phi) is 3.82. The van der Waals surface area contributed by atoms with Crippen molar-refractivity contribution in [3.05, 3.63) is 34.9 Å². The van der Waals surface area contributed by atoms with E-state index in [1.165, 1.54) is 17.5 Å². The quantitative estimate of drug-likeness (QED) is 0.823. The first-order valence-electron chi connectivity index (χ1n) is 7.22. The highest BCUT2D eigenvalue weighted by Crippen LogP contribution is 2.43. The minimum Gasteiger partial charge on any atom is -0.385 e. The monoisotopic (exact) mass is 246 g/mol. The minimum atomic E-state index is -0.594. The maximum absolute atomic E-state index is 11.1. The molecule has 2 rings (SSSR count). The van der Waals surface area contributed by atoms with Gasteiger partial charge in [-0.25, -0.2) is 0 Å². The molecular weight excluding hydrogens is 220 g/mol. The first kappa shape index (κ1) is 13.6. The molecule has 1 heteroatoms. The van der Waals surface area contributed by atoms with Gasteiger partial charge in [0.05, 0.1) is 5.60 Å². The summed E-state index contributed by atoms with van der Waals surface area (Å²) in [5, 5.41) is 11.1. The number of aryl methyl sites for hydroxylation is 2. The Morgan fingerprint density at radius 3 is 2.67 bits per heavy atom. The Morgan fingerprint density at radius 1 is 1.28 bits per heavy atom. The Balaban J connectivity index is 2.32. The zero-order chi connectivity index (χ0) is 13.3. The van der Waals surface area contributed by atoms with E-state index >= 15 is 0 Å². The molecular formula is C17H26O. The van der Waals surface area contributed by atoms with Crippen molar-refractivity contribution in [2.75, 3.05) is 0 Å². The van der Waals surface area contributed by atoms with Gasteiger partial charge < -0.3 is 5.11 Å². The van der Waals surface area contributed by atoms with Crippen molar-refractivity contribution in [2.45, 2.75) is 59.0 Å². The Hall–Kier alpha value is -0.820. The van der Waals surface area contributed by atoms with E-state index in [9.17, 15) is 5.11 Å². The van der Waals surface area contributed by atoms with Crippen molar-refractivity contribution >= 4 is 0 Å². The van der Waals surface area contributed by atoms with E-state index in [-0.39, 0.29) is 0 Å². The molecule has 1 aliphatic carbocycles. The summed E-state index contributed by atoms with van der Waals surface area (Å²) in [7, 11) is 0. The van der Waals surface area contributed by atoms with Crippen LogP contribution in [0, 0.1) is 25.7 Å². The van der Waals surface area contributed by atoms with Gasteiger partial charge in [0.25, 0.3) is 0 Å². The van der Waals surface area contributed by atoms with E-state index in [4.69, 9.17) is 0 Å². The van der Waals surface area contributed by atoms with Gasteiger partial charge in [-0.3, -0.25) is 0 Å². The number of rotatable bonds is 2. The van der Waals surface area contributed by atoms with Crippen LogP contribution in [0.3, 0.4) is 0 Å². The van der Waals surface area contributed by atoms with Crippen LogP contribution in [0.1, 0.15) is 56.2 Å². The molecule has 2 atom stereocenters. The van der Waals surface area contributed by atoms with Crippen molar-refractivity contribution in [3.63, 3.8) is 0 Å². The maximum Gasteiger partial charge on any atom is 0.0902 e. The molecule has 1 nitrogen and oxygen atoms in total. The summed E-state index contributed by atoms with van der Waals surface area (Å²) in [6, 6.07) is 6.45. The lowest BCUT2D eigenvalue weighted by Crippen LogP contribution is -2.35.